The first-order valence-corrected chi connectivity index (χ1v) is 8.59. The minimum absolute atomic E-state index is 0.239. The fraction of sp³-hybridized carbons (Fsp3) is 0.105. The Morgan fingerprint density at radius 1 is 1.12 bits per heavy atom. The summed E-state index contributed by atoms with van der Waals surface area (Å²) in [7, 11) is 0. The second kappa shape index (κ2) is 7.90. The first-order chi connectivity index (χ1) is 12.1. The zero-order valence-corrected chi connectivity index (χ0v) is 15.2. The highest BCUT2D eigenvalue weighted by Crippen LogP contribution is 2.25. The van der Waals surface area contributed by atoms with Crippen LogP contribution in [0.1, 0.15) is 21.6 Å². The molecule has 0 saturated carbocycles. The maximum absolute atomic E-state index is 12.3. The number of nitrogens with one attached hydrogen (secondary N) is 2. The van der Waals surface area contributed by atoms with Gasteiger partial charge in [0.15, 0.2) is 0 Å². The van der Waals surface area contributed by atoms with Gasteiger partial charge in [0.25, 0.3) is 5.91 Å². The van der Waals surface area contributed by atoms with Crippen molar-refractivity contribution >= 4 is 33.5 Å². The monoisotopic (exact) mass is 396 g/mol. The van der Waals surface area contributed by atoms with Crippen molar-refractivity contribution in [1.82, 2.24) is 15.3 Å². The number of hydrogen-bond donors (Lipinski definition) is 2. The Bertz CT molecular complexity index is 884. The molecule has 0 aliphatic rings. The molecule has 6 heteroatoms. The molecule has 1 aromatic heterocycles. The van der Waals surface area contributed by atoms with Gasteiger partial charge in [0.1, 0.15) is 5.69 Å². The Morgan fingerprint density at radius 3 is 2.68 bits per heavy atom. The third kappa shape index (κ3) is 4.64. The number of carbonyl (C=O) groups excluding carboxylic acids is 1. The summed E-state index contributed by atoms with van der Waals surface area (Å²) in [5.74, 6) is 0.134. The topological polar surface area (TPSA) is 66.9 Å². The molecule has 0 bridgehead atoms. The fourth-order valence-electron chi connectivity index (χ4n) is 2.26. The molecular weight excluding hydrogens is 380 g/mol. The first-order valence-electron chi connectivity index (χ1n) is 7.80. The number of anilines is 2. The smallest absolute Gasteiger partial charge is 0.270 e. The molecule has 5 nitrogen and oxygen atoms in total. The van der Waals surface area contributed by atoms with Gasteiger partial charge in [0, 0.05) is 17.2 Å². The van der Waals surface area contributed by atoms with Gasteiger partial charge in [-0.1, -0.05) is 36.4 Å². The number of benzene rings is 2. The molecule has 0 aliphatic carbocycles. The molecule has 1 heterocycles. The minimum Gasteiger partial charge on any atom is -0.347 e. The van der Waals surface area contributed by atoms with Crippen molar-refractivity contribution in [2.75, 3.05) is 5.32 Å². The van der Waals surface area contributed by atoms with E-state index in [1.54, 1.807) is 12.3 Å². The lowest BCUT2D eigenvalue weighted by Gasteiger charge is -2.09. The molecule has 1 amide bonds. The van der Waals surface area contributed by atoms with Gasteiger partial charge in [-0.05, 0) is 52.2 Å². The molecule has 3 aromatic rings. The van der Waals surface area contributed by atoms with Crippen LogP contribution in [0.2, 0.25) is 0 Å². The Labute approximate surface area is 154 Å². The van der Waals surface area contributed by atoms with E-state index in [9.17, 15) is 4.79 Å². The van der Waals surface area contributed by atoms with Crippen molar-refractivity contribution in [3.8, 4) is 0 Å². The van der Waals surface area contributed by atoms with E-state index in [1.807, 2.05) is 55.5 Å². The molecule has 0 aliphatic heterocycles. The molecular formula is C19H17BrN4O. The van der Waals surface area contributed by atoms with Crippen LogP contribution in [0, 0.1) is 6.92 Å². The van der Waals surface area contributed by atoms with Gasteiger partial charge >= 0.3 is 0 Å². The van der Waals surface area contributed by atoms with E-state index < -0.39 is 0 Å². The molecule has 0 radical (unpaired) electrons. The SMILES string of the molecule is Cc1ccc(Nc2nccc(C(=O)NCc3ccccc3)n2)c(Br)c1. The predicted molar refractivity (Wildman–Crippen MR) is 102 cm³/mol. The number of aryl methyl sites for hydroxylation is 1. The number of hydrogen-bond acceptors (Lipinski definition) is 4. The van der Waals surface area contributed by atoms with E-state index in [-0.39, 0.29) is 5.91 Å². The van der Waals surface area contributed by atoms with Crippen LogP contribution in [0.25, 0.3) is 0 Å². The van der Waals surface area contributed by atoms with E-state index in [2.05, 4.69) is 36.5 Å². The fourth-order valence-corrected chi connectivity index (χ4v) is 2.85. The standard InChI is InChI=1S/C19H17BrN4O/c1-13-7-8-16(15(20)11-13)23-19-21-10-9-17(24-19)18(25)22-12-14-5-3-2-4-6-14/h2-11H,12H2,1H3,(H,22,25)(H,21,23,24). The zero-order valence-electron chi connectivity index (χ0n) is 13.7. The zero-order chi connectivity index (χ0) is 17.6. The maximum Gasteiger partial charge on any atom is 0.270 e. The quantitative estimate of drug-likeness (QED) is 0.677. The number of rotatable bonds is 5. The van der Waals surface area contributed by atoms with Gasteiger partial charge < -0.3 is 10.6 Å². The molecule has 0 unspecified atom stereocenters. The Hall–Kier alpha value is -2.73. The number of halogens is 1. The number of nitrogens with zero attached hydrogens (tertiary/aromatic N) is 2. The van der Waals surface area contributed by atoms with Crippen LogP contribution in [-0.2, 0) is 6.54 Å². The van der Waals surface area contributed by atoms with Crippen LogP contribution in [0.4, 0.5) is 11.6 Å². The van der Waals surface area contributed by atoms with E-state index in [0.717, 1.165) is 21.3 Å². The highest BCUT2D eigenvalue weighted by Gasteiger charge is 2.09. The largest absolute Gasteiger partial charge is 0.347 e. The van der Waals surface area contributed by atoms with Crippen molar-refractivity contribution in [2.45, 2.75) is 13.5 Å². The Balaban J connectivity index is 1.69. The lowest BCUT2D eigenvalue weighted by atomic mass is 10.2. The highest BCUT2D eigenvalue weighted by atomic mass is 79.9. The summed E-state index contributed by atoms with van der Waals surface area (Å²) < 4.78 is 0.912. The average Bonchev–Trinajstić information content (AvgIpc) is 2.63. The van der Waals surface area contributed by atoms with Crippen LogP contribution in [-0.4, -0.2) is 15.9 Å². The molecule has 0 saturated heterocycles. The Morgan fingerprint density at radius 2 is 1.92 bits per heavy atom. The number of amides is 1. The lowest BCUT2D eigenvalue weighted by Crippen LogP contribution is -2.24. The van der Waals surface area contributed by atoms with Crippen molar-refractivity contribution in [1.29, 1.82) is 0 Å². The van der Waals surface area contributed by atoms with Gasteiger partial charge in [-0.15, -0.1) is 0 Å². The van der Waals surface area contributed by atoms with E-state index >= 15 is 0 Å². The third-order valence-corrected chi connectivity index (χ3v) is 4.21. The van der Waals surface area contributed by atoms with Crippen molar-refractivity contribution in [2.24, 2.45) is 0 Å². The molecule has 3 rings (SSSR count). The second-order valence-electron chi connectivity index (χ2n) is 5.54. The van der Waals surface area contributed by atoms with Gasteiger partial charge in [-0.3, -0.25) is 4.79 Å². The van der Waals surface area contributed by atoms with Crippen LogP contribution in [0.3, 0.4) is 0 Å². The van der Waals surface area contributed by atoms with Crippen LogP contribution in [0.5, 0.6) is 0 Å². The summed E-state index contributed by atoms with van der Waals surface area (Å²) >= 11 is 3.51. The summed E-state index contributed by atoms with van der Waals surface area (Å²) in [6.45, 7) is 2.47. The van der Waals surface area contributed by atoms with Gasteiger partial charge in [-0.25, -0.2) is 9.97 Å². The lowest BCUT2D eigenvalue weighted by molar-refractivity contribution is 0.0946. The molecule has 2 N–H and O–H groups in total. The minimum atomic E-state index is -0.239. The molecule has 0 fully saturated rings. The summed E-state index contributed by atoms with van der Waals surface area (Å²) in [6, 6.07) is 17.3. The maximum atomic E-state index is 12.3. The normalized spacial score (nSPS) is 10.3. The van der Waals surface area contributed by atoms with Crippen molar-refractivity contribution in [3.63, 3.8) is 0 Å². The van der Waals surface area contributed by atoms with E-state index in [4.69, 9.17) is 0 Å². The second-order valence-corrected chi connectivity index (χ2v) is 6.40. The predicted octanol–water partition coefficient (Wildman–Crippen LogP) is 4.22. The summed E-state index contributed by atoms with van der Waals surface area (Å²) in [5, 5.41) is 5.98. The van der Waals surface area contributed by atoms with Gasteiger partial charge in [0.2, 0.25) is 5.95 Å². The van der Waals surface area contributed by atoms with Crippen molar-refractivity contribution in [3.05, 3.63) is 82.1 Å². The van der Waals surface area contributed by atoms with Crippen molar-refractivity contribution < 1.29 is 4.79 Å². The third-order valence-electron chi connectivity index (χ3n) is 3.56. The van der Waals surface area contributed by atoms with E-state index in [0.29, 0.717) is 18.2 Å². The van der Waals surface area contributed by atoms with Gasteiger partial charge in [0.05, 0.1) is 5.69 Å². The first kappa shape index (κ1) is 17.1. The molecule has 2 aromatic carbocycles. The van der Waals surface area contributed by atoms with Crippen LogP contribution < -0.4 is 10.6 Å². The Kier molecular flexibility index (Phi) is 5.40. The number of aromatic nitrogens is 2. The van der Waals surface area contributed by atoms with Crippen LogP contribution >= 0.6 is 15.9 Å². The van der Waals surface area contributed by atoms with Crippen LogP contribution in [0.15, 0.2) is 65.3 Å². The molecule has 0 atom stereocenters. The van der Waals surface area contributed by atoms with E-state index in [1.165, 1.54) is 0 Å². The highest BCUT2D eigenvalue weighted by molar-refractivity contribution is 9.10. The van der Waals surface area contributed by atoms with Gasteiger partial charge in [-0.2, -0.15) is 0 Å². The molecule has 126 valence electrons. The molecule has 25 heavy (non-hydrogen) atoms. The summed E-state index contributed by atoms with van der Waals surface area (Å²) in [5.41, 5.74) is 3.34. The number of carbonyl (C=O) groups is 1. The molecule has 0 spiro atoms. The summed E-state index contributed by atoms with van der Waals surface area (Å²) in [4.78, 5) is 20.8. The summed E-state index contributed by atoms with van der Waals surface area (Å²) in [6.07, 6.45) is 1.56. The average molecular weight is 397 g/mol.